The molecule has 5 heteroatoms. The molecule has 0 saturated carbocycles. The maximum Gasteiger partial charge on any atom is 0.227 e. The van der Waals surface area contributed by atoms with Crippen LogP contribution in [0.5, 0.6) is 0 Å². The van der Waals surface area contributed by atoms with Crippen molar-refractivity contribution in [2.75, 3.05) is 16.8 Å². The van der Waals surface area contributed by atoms with E-state index in [2.05, 4.69) is 44.5 Å². The molecule has 1 aliphatic heterocycles. The molecule has 0 fully saturated rings. The maximum atomic E-state index is 13.0. The van der Waals surface area contributed by atoms with Crippen LogP contribution in [0.1, 0.15) is 16.7 Å². The first-order chi connectivity index (χ1) is 12.3. The summed E-state index contributed by atoms with van der Waals surface area (Å²) in [6, 6.07) is 16.8. The second kappa shape index (κ2) is 6.89. The molecular formula is C20H19FN4. The Bertz CT molecular complexity index is 864. The average molecular weight is 334 g/mol. The van der Waals surface area contributed by atoms with E-state index in [4.69, 9.17) is 0 Å². The normalized spacial score (nSPS) is 13.4. The number of hydrogen-bond acceptors (Lipinski definition) is 4. The number of nitrogens with one attached hydrogen (secondary N) is 1. The molecule has 1 aromatic heterocycles. The smallest absolute Gasteiger partial charge is 0.227 e. The van der Waals surface area contributed by atoms with Gasteiger partial charge in [0, 0.05) is 25.8 Å². The highest BCUT2D eigenvalue weighted by Gasteiger charge is 2.18. The third-order valence-electron chi connectivity index (χ3n) is 4.44. The van der Waals surface area contributed by atoms with Gasteiger partial charge in [-0.05, 0) is 41.3 Å². The molecule has 1 aliphatic rings. The van der Waals surface area contributed by atoms with Crippen LogP contribution < -0.4 is 10.2 Å². The SMILES string of the molecule is Fc1ccc(CNc2ccnc(N3CCc4ccccc4C3)n2)cc1. The highest BCUT2D eigenvalue weighted by molar-refractivity contribution is 5.45. The van der Waals surface area contributed by atoms with Gasteiger partial charge in [-0.2, -0.15) is 4.98 Å². The second-order valence-electron chi connectivity index (χ2n) is 6.16. The molecule has 2 aromatic carbocycles. The Kier molecular flexibility index (Phi) is 4.29. The molecular weight excluding hydrogens is 315 g/mol. The lowest BCUT2D eigenvalue weighted by atomic mass is 10.0. The van der Waals surface area contributed by atoms with E-state index in [1.165, 1.54) is 23.3 Å². The summed E-state index contributed by atoms with van der Waals surface area (Å²) < 4.78 is 13.0. The van der Waals surface area contributed by atoms with Crippen LogP contribution in [0.15, 0.2) is 60.8 Å². The largest absolute Gasteiger partial charge is 0.366 e. The highest BCUT2D eigenvalue weighted by atomic mass is 19.1. The molecule has 0 saturated heterocycles. The van der Waals surface area contributed by atoms with Gasteiger partial charge in [-0.15, -0.1) is 0 Å². The third kappa shape index (κ3) is 3.60. The Morgan fingerprint density at radius 3 is 2.64 bits per heavy atom. The molecule has 25 heavy (non-hydrogen) atoms. The van der Waals surface area contributed by atoms with Gasteiger partial charge in [0.2, 0.25) is 5.95 Å². The zero-order valence-electron chi connectivity index (χ0n) is 13.8. The average Bonchev–Trinajstić information content (AvgIpc) is 2.67. The number of anilines is 2. The van der Waals surface area contributed by atoms with Crippen molar-refractivity contribution in [3.63, 3.8) is 0 Å². The summed E-state index contributed by atoms with van der Waals surface area (Å²) in [5.41, 5.74) is 3.75. The van der Waals surface area contributed by atoms with E-state index in [1.54, 1.807) is 18.3 Å². The van der Waals surface area contributed by atoms with Crippen molar-refractivity contribution in [1.29, 1.82) is 0 Å². The quantitative estimate of drug-likeness (QED) is 0.788. The summed E-state index contributed by atoms with van der Waals surface area (Å²) in [5.74, 6) is 1.28. The van der Waals surface area contributed by atoms with Crippen molar-refractivity contribution in [3.05, 3.63) is 83.3 Å². The summed E-state index contributed by atoms with van der Waals surface area (Å²) in [6.45, 7) is 2.34. The monoisotopic (exact) mass is 334 g/mol. The van der Waals surface area contributed by atoms with Crippen molar-refractivity contribution < 1.29 is 4.39 Å². The van der Waals surface area contributed by atoms with Gasteiger partial charge in [-0.1, -0.05) is 36.4 Å². The van der Waals surface area contributed by atoms with E-state index >= 15 is 0 Å². The number of benzene rings is 2. The number of halogens is 1. The third-order valence-corrected chi connectivity index (χ3v) is 4.44. The van der Waals surface area contributed by atoms with Crippen molar-refractivity contribution in [1.82, 2.24) is 9.97 Å². The summed E-state index contributed by atoms with van der Waals surface area (Å²) in [4.78, 5) is 11.3. The molecule has 0 unspecified atom stereocenters. The first kappa shape index (κ1) is 15.6. The van der Waals surface area contributed by atoms with Crippen molar-refractivity contribution >= 4 is 11.8 Å². The number of fused-ring (bicyclic) bond motifs is 1. The Labute approximate surface area is 146 Å². The van der Waals surface area contributed by atoms with Crippen LogP contribution in [0, 0.1) is 5.82 Å². The molecule has 126 valence electrons. The van der Waals surface area contributed by atoms with Crippen molar-refractivity contribution in [2.24, 2.45) is 0 Å². The molecule has 2 heterocycles. The van der Waals surface area contributed by atoms with Crippen LogP contribution in [-0.2, 0) is 19.5 Å². The van der Waals surface area contributed by atoms with Crippen LogP contribution in [-0.4, -0.2) is 16.5 Å². The van der Waals surface area contributed by atoms with Gasteiger partial charge in [0.15, 0.2) is 0 Å². The molecule has 0 aliphatic carbocycles. The number of aromatic nitrogens is 2. The minimum absolute atomic E-state index is 0.224. The van der Waals surface area contributed by atoms with Crippen LogP contribution >= 0.6 is 0 Å². The molecule has 3 aromatic rings. The van der Waals surface area contributed by atoms with Gasteiger partial charge < -0.3 is 10.2 Å². The van der Waals surface area contributed by atoms with Gasteiger partial charge >= 0.3 is 0 Å². The fraction of sp³-hybridized carbons (Fsp3) is 0.200. The first-order valence-corrected chi connectivity index (χ1v) is 8.41. The molecule has 0 amide bonds. The van der Waals surface area contributed by atoms with E-state index < -0.39 is 0 Å². The van der Waals surface area contributed by atoms with Gasteiger partial charge in [0.25, 0.3) is 0 Å². The standard InChI is InChI=1S/C20H19FN4/c21-18-7-5-15(6-8-18)13-23-19-9-11-22-20(24-19)25-12-10-16-3-1-2-4-17(16)14-25/h1-9,11H,10,12-14H2,(H,22,23,24). The summed E-state index contributed by atoms with van der Waals surface area (Å²) in [6.07, 6.45) is 2.78. The molecule has 4 nitrogen and oxygen atoms in total. The number of nitrogens with zero attached hydrogens (tertiary/aromatic N) is 3. The minimum Gasteiger partial charge on any atom is -0.366 e. The summed E-state index contributed by atoms with van der Waals surface area (Å²) >= 11 is 0. The van der Waals surface area contributed by atoms with E-state index in [9.17, 15) is 4.39 Å². The Morgan fingerprint density at radius 2 is 1.80 bits per heavy atom. The Hall–Kier alpha value is -2.95. The molecule has 0 spiro atoms. The maximum absolute atomic E-state index is 13.0. The number of hydrogen-bond donors (Lipinski definition) is 1. The molecule has 0 atom stereocenters. The van der Waals surface area contributed by atoms with Crippen LogP contribution in [0.4, 0.5) is 16.2 Å². The van der Waals surface area contributed by atoms with Crippen LogP contribution in [0.25, 0.3) is 0 Å². The van der Waals surface area contributed by atoms with Crippen LogP contribution in [0.3, 0.4) is 0 Å². The van der Waals surface area contributed by atoms with Crippen LogP contribution in [0.2, 0.25) is 0 Å². The van der Waals surface area contributed by atoms with E-state index in [0.29, 0.717) is 6.54 Å². The zero-order chi connectivity index (χ0) is 17.1. The number of rotatable bonds is 4. The van der Waals surface area contributed by atoms with E-state index in [0.717, 1.165) is 36.8 Å². The van der Waals surface area contributed by atoms with Crippen molar-refractivity contribution in [3.8, 4) is 0 Å². The first-order valence-electron chi connectivity index (χ1n) is 8.41. The Morgan fingerprint density at radius 1 is 1.00 bits per heavy atom. The predicted molar refractivity (Wildman–Crippen MR) is 97.0 cm³/mol. The fourth-order valence-electron chi connectivity index (χ4n) is 3.06. The van der Waals surface area contributed by atoms with Gasteiger partial charge in [-0.3, -0.25) is 0 Å². The summed E-state index contributed by atoms with van der Waals surface area (Å²) in [5, 5.41) is 3.28. The fourth-order valence-corrected chi connectivity index (χ4v) is 3.06. The van der Waals surface area contributed by atoms with E-state index in [-0.39, 0.29) is 5.82 Å². The molecule has 0 bridgehead atoms. The van der Waals surface area contributed by atoms with E-state index in [1.807, 2.05) is 6.07 Å². The van der Waals surface area contributed by atoms with Gasteiger partial charge in [0.05, 0.1) is 0 Å². The molecule has 1 N–H and O–H groups in total. The summed E-state index contributed by atoms with van der Waals surface area (Å²) in [7, 11) is 0. The highest BCUT2D eigenvalue weighted by Crippen LogP contribution is 2.22. The minimum atomic E-state index is -0.224. The topological polar surface area (TPSA) is 41.1 Å². The molecule has 4 rings (SSSR count). The van der Waals surface area contributed by atoms with Crippen molar-refractivity contribution in [2.45, 2.75) is 19.5 Å². The van der Waals surface area contributed by atoms with Gasteiger partial charge in [0.1, 0.15) is 11.6 Å². The molecule has 0 radical (unpaired) electrons. The predicted octanol–water partition coefficient (Wildman–Crippen LogP) is 3.79. The second-order valence-corrected chi connectivity index (χ2v) is 6.16. The van der Waals surface area contributed by atoms with Gasteiger partial charge in [-0.25, -0.2) is 9.37 Å². The lowest BCUT2D eigenvalue weighted by Gasteiger charge is -2.28. The lowest BCUT2D eigenvalue weighted by molar-refractivity contribution is 0.627. The Balaban J connectivity index is 1.45. The zero-order valence-corrected chi connectivity index (χ0v) is 13.8. The lowest BCUT2D eigenvalue weighted by Crippen LogP contribution is -2.31.